The molecule has 0 bridgehead atoms. The van der Waals surface area contributed by atoms with Crippen LogP contribution in [0.15, 0.2) is 24.3 Å². The molecule has 1 aromatic carbocycles. The predicted octanol–water partition coefficient (Wildman–Crippen LogP) is 1.29. The maximum Gasteiger partial charge on any atom is 0.223 e. The molecular formula is C14H19N5O. The highest BCUT2D eigenvalue weighted by molar-refractivity contribution is 5.76. The number of carbonyl (C=O) groups excluding carboxylic acids is 1. The second-order valence-electron chi connectivity index (χ2n) is 4.83. The zero-order chi connectivity index (χ0) is 14.5. The monoisotopic (exact) mass is 273 g/mol. The number of aromatic nitrogens is 3. The third kappa shape index (κ3) is 3.81. The van der Waals surface area contributed by atoms with Crippen LogP contribution in [-0.2, 0) is 17.8 Å². The van der Waals surface area contributed by atoms with Crippen LogP contribution in [0.5, 0.6) is 0 Å². The number of H-pyrrole nitrogens is 1. The third-order valence-corrected chi connectivity index (χ3v) is 3.06. The van der Waals surface area contributed by atoms with Gasteiger partial charge in [-0.05, 0) is 31.0 Å². The summed E-state index contributed by atoms with van der Waals surface area (Å²) in [5.41, 5.74) is 7.47. The van der Waals surface area contributed by atoms with Gasteiger partial charge in [0.05, 0.1) is 6.54 Å². The number of nitrogens with two attached hydrogens (primary N) is 1. The maximum absolute atomic E-state index is 12.0. The standard InChI is InChI=1S/C14H19N5O/c1-10-16-13(18-17-10)9-19(2)14(20)8-5-11-3-6-12(15)7-4-11/h3-4,6-7H,5,8-9,15H2,1-2H3,(H,16,17,18). The molecule has 0 spiro atoms. The second-order valence-corrected chi connectivity index (χ2v) is 4.83. The van der Waals surface area contributed by atoms with Gasteiger partial charge in [-0.2, -0.15) is 5.10 Å². The molecule has 0 unspecified atom stereocenters. The topological polar surface area (TPSA) is 87.9 Å². The van der Waals surface area contributed by atoms with E-state index < -0.39 is 0 Å². The number of carbonyl (C=O) groups is 1. The van der Waals surface area contributed by atoms with Gasteiger partial charge in [0.1, 0.15) is 5.82 Å². The van der Waals surface area contributed by atoms with Gasteiger partial charge in [0.25, 0.3) is 0 Å². The predicted molar refractivity (Wildman–Crippen MR) is 76.8 cm³/mol. The van der Waals surface area contributed by atoms with Crippen LogP contribution in [0.2, 0.25) is 0 Å². The number of hydrogen-bond donors (Lipinski definition) is 2. The molecule has 1 heterocycles. The number of nitrogens with zero attached hydrogens (tertiary/aromatic N) is 3. The Balaban J connectivity index is 1.83. The largest absolute Gasteiger partial charge is 0.399 e. The summed E-state index contributed by atoms with van der Waals surface area (Å²) in [6.07, 6.45) is 1.17. The molecule has 0 saturated heterocycles. The molecule has 20 heavy (non-hydrogen) atoms. The lowest BCUT2D eigenvalue weighted by molar-refractivity contribution is -0.130. The number of nitrogen functional groups attached to an aromatic ring is 1. The lowest BCUT2D eigenvalue weighted by Crippen LogP contribution is -2.26. The number of benzene rings is 1. The molecule has 6 heteroatoms. The lowest BCUT2D eigenvalue weighted by atomic mass is 10.1. The number of anilines is 1. The molecule has 0 saturated carbocycles. The van der Waals surface area contributed by atoms with E-state index in [4.69, 9.17) is 5.73 Å². The first-order chi connectivity index (χ1) is 9.54. The Morgan fingerprint density at radius 1 is 1.35 bits per heavy atom. The van der Waals surface area contributed by atoms with Crippen LogP contribution in [0.4, 0.5) is 5.69 Å². The van der Waals surface area contributed by atoms with E-state index in [9.17, 15) is 4.79 Å². The molecule has 0 fully saturated rings. The van der Waals surface area contributed by atoms with Gasteiger partial charge in [-0.15, -0.1) is 0 Å². The van der Waals surface area contributed by atoms with Crippen molar-refractivity contribution in [2.75, 3.05) is 12.8 Å². The molecule has 0 atom stereocenters. The number of aromatic amines is 1. The fourth-order valence-electron chi connectivity index (χ4n) is 1.89. The van der Waals surface area contributed by atoms with Gasteiger partial charge in [-0.1, -0.05) is 12.1 Å². The summed E-state index contributed by atoms with van der Waals surface area (Å²) < 4.78 is 0. The van der Waals surface area contributed by atoms with Crippen molar-refractivity contribution >= 4 is 11.6 Å². The number of aryl methyl sites for hydroxylation is 2. The molecule has 6 nitrogen and oxygen atoms in total. The van der Waals surface area contributed by atoms with Crippen LogP contribution >= 0.6 is 0 Å². The summed E-state index contributed by atoms with van der Waals surface area (Å²) in [5, 5.41) is 6.79. The zero-order valence-electron chi connectivity index (χ0n) is 11.8. The first-order valence-electron chi connectivity index (χ1n) is 6.51. The van der Waals surface area contributed by atoms with Crippen LogP contribution < -0.4 is 5.73 Å². The zero-order valence-corrected chi connectivity index (χ0v) is 11.8. The van der Waals surface area contributed by atoms with Crippen LogP contribution in [-0.4, -0.2) is 33.0 Å². The Kier molecular flexibility index (Phi) is 4.34. The number of rotatable bonds is 5. The van der Waals surface area contributed by atoms with Crippen LogP contribution in [0.3, 0.4) is 0 Å². The summed E-state index contributed by atoms with van der Waals surface area (Å²) >= 11 is 0. The first-order valence-corrected chi connectivity index (χ1v) is 6.51. The Labute approximate surface area is 118 Å². The molecule has 0 aliphatic carbocycles. The Morgan fingerprint density at radius 2 is 2.05 bits per heavy atom. The van der Waals surface area contributed by atoms with Gasteiger partial charge in [-0.3, -0.25) is 9.89 Å². The van der Waals surface area contributed by atoms with E-state index in [1.807, 2.05) is 31.2 Å². The summed E-state index contributed by atoms with van der Waals surface area (Å²) in [5.74, 6) is 1.46. The minimum absolute atomic E-state index is 0.0734. The van der Waals surface area contributed by atoms with E-state index in [2.05, 4.69) is 15.2 Å². The molecule has 1 amide bonds. The fraction of sp³-hybridized carbons (Fsp3) is 0.357. The normalized spacial score (nSPS) is 10.5. The van der Waals surface area contributed by atoms with E-state index >= 15 is 0 Å². The highest BCUT2D eigenvalue weighted by Crippen LogP contribution is 2.09. The highest BCUT2D eigenvalue weighted by Gasteiger charge is 2.11. The lowest BCUT2D eigenvalue weighted by Gasteiger charge is -2.15. The number of amides is 1. The van der Waals surface area contributed by atoms with Crippen molar-refractivity contribution in [3.05, 3.63) is 41.5 Å². The molecule has 2 aromatic rings. The van der Waals surface area contributed by atoms with Crippen molar-refractivity contribution in [3.63, 3.8) is 0 Å². The van der Waals surface area contributed by atoms with Crippen molar-refractivity contribution in [1.82, 2.24) is 20.1 Å². The van der Waals surface area contributed by atoms with Crippen LogP contribution in [0, 0.1) is 6.92 Å². The summed E-state index contributed by atoms with van der Waals surface area (Å²) in [6, 6.07) is 7.59. The Morgan fingerprint density at radius 3 is 2.65 bits per heavy atom. The van der Waals surface area contributed by atoms with Crippen molar-refractivity contribution < 1.29 is 4.79 Å². The molecule has 0 aliphatic rings. The van der Waals surface area contributed by atoms with Crippen molar-refractivity contribution in [2.24, 2.45) is 0 Å². The quantitative estimate of drug-likeness (QED) is 0.803. The molecule has 0 radical (unpaired) electrons. The van der Waals surface area contributed by atoms with Gasteiger partial charge in [0, 0.05) is 19.2 Å². The number of hydrogen-bond acceptors (Lipinski definition) is 4. The fourth-order valence-corrected chi connectivity index (χ4v) is 1.89. The summed E-state index contributed by atoms with van der Waals surface area (Å²) in [6.45, 7) is 2.25. The van der Waals surface area contributed by atoms with Crippen LogP contribution in [0.25, 0.3) is 0 Å². The average molecular weight is 273 g/mol. The second kappa shape index (κ2) is 6.18. The van der Waals surface area contributed by atoms with Gasteiger partial charge < -0.3 is 10.6 Å². The van der Waals surface area contributed by atoms with E-state index in [-0.39, 0.29) is 5.91 Å². The Hall–Kier alpha value is -2.37. The van der Waals surface area contributed by atoms with Crippen LogP contribution in [0.1, 0.15) is 23.6 Å². The van der Waals surface area contributed by atoms with E-state index in [0.29, 0.717) is 25.2 Å². The molecule has 1 aromatic heterocycles. The smallest absolute Gasteiger partial charge is 0.223 e. The van der Waals surface area contributed by atoms with E-state index in [0.717, 1.165) is 17.1 Å². The van der Waals surface area contributed by atoms with Gasteiger partial charge in [0.15, 0.2) is 5.82 Å². The Bertz CT molecular complexity index is 576. The molecule has 0 aliphatic heterocycles. The van der Waals surface area contributed by atoms with E-state index in [1.54, 1.807) is 11.9 Å². The van der Waals surface area contributed by atoms with Gasteiger partial charge >= 0.3 is 0 Å². The van der Waals surface area contributed by atoms with Gasteiger partial charge in [-0.25, -0.2) is 4.98 Å². The SMILES string of the molecule is Cc1nc(CN(C)C(=O)CCc2ccc(N)cc2)n[nH]1. The molecular weight excluding hydrogens is 254 g/mol. The summed E-state index contributed by atoms with van der Waals surface area (Å²) in [4.78, 5) is 17.9. The molecule has 2 rings (SSSR count). The van der Waals surface area contributed by atoms with Crippen molar-refractivity contribution in [2.45, 2.75) is 26.3 Å². The summed E-state index contributed by atoms with van der Waals surface area (Å²) in [7, 11) is 1.76. The average Bonchev–Trinajstić information content (AvgIpc) is 2.83. The minimum atomic E-state index is 0.0734. The van der Waals surface area contributed by atoms with Gasteiger partial charge in [0.2, 0.25) is 5.91 Å². The highest BCUT2D eigenvalue weighted by atomic mass is 16.2. The minimum Gasteiger partial charge on any atom is -0.399 e. The third-order valence-electron chi connectivity index (χ3n) is 3.06. The molecule has 3 N–H and O–H groups in total. The van der Waals surface area contributed by atoms with Crippen molar-refractivity contribution in [3.8, 4) is 0 Å². The van der Waals surface area contributed by atoms with Crippen molar-refractivity contribution in [1.29, 1.82) is 0 Å². The van der Waals surface area contributed by atoms with E-state index in [1.165, 1.54) is 0 Å². The molecule has 106 valence electrons. The number of nitrogens with one attached hydrogen (secondary N) is 1. The maximum atomic E-state index is 12.0. The first kappa shape index (κ1) is 14.0.